The summed E-state index contributed by atoms with van der Waals surface area (Å²) >= 11 is 0. The van der Waals surface area contributed by atoms with E-state index in [-0.39, 0.29) is 5.82 Å². The number of ether oxygens (including phenoxy) is 1. The molecule has 0 atom stereocenters. The first-order chi connectivity index (χ1) is 9.19. The minimum atomic E-state index is -1.59. The maximum Gasteiger partial charge on any atom is 0.407 e. The lowest BCUT2D eigenvalue weighted by molar-refractivity contribution is -0.0519. The summed E-state index contributed by atoms with van der Waals surface area (Å²) in [5, 5.41) is 21.0. The molecular formula is C13H23N3O4. The highest BCUT2D eigenvalue weighted by Gasteiger charge is 2.16. The highest BCUT2D eigenvalue weighted by molar-refractivity contribution is 5.67. The summed E-state index contributed by atoms with van der Waals surface area (Å²) in [6.07, 6.45) is 0.320. The summed E-state index contributed by atoms with van der Waals surface area (Å²) in [6, 6.07) is 0. The molecule has 7 nitrogen and oxygen atoms in total. The van der Waals surface area contributed by atoms with Crippen LogP contribution in [0.2, 0.25) is 0 Å². The molecule has 0 aromatic carbocycles. The van der Waals surface area contributed by atoms with Gasteiger partial charge in [-0.15, -0.1) is 0 Å². The van der Waals surface area contributed by atoms with E-state index < -0.39 is 18.0 Å². The standard InChI is InChI=1S/C13H23N3O4/c1-9-8-16(10(15-9)11(17)18)7-5-6-14-12(19)20-13(2,3)4/h8,11,17-18H,5-7H2,1-4H3,(H,14,19). The normalized spacial score (nSPS) is 11.8. The molecule has 0 radical (unpaired) electrons. The third-order valence-electron chi connectivity index (χ3n) is 2.40. The lowest BCUT2D eigenvalue weighted by Crippen LogP contribution is -2.33. The van der Waals surface area contributed by atoms with E-state index in [1.807, 2.05) is 0 Å². The number of nitrogens with one attached hydrogen (secondary N) is 1. The molecule has 0 bridgehead atoms. The first-order valence-corrected chi connectivity index (χ1v) is 6.55. The smallest absolute Gasteiger partial charge is 0.407 e. The van der Waals surface area contributed by atoms with Crippen LogP contribution in [0.1, 0.15) is 45.0 Å². The predicted octanol–water partition coefficient (Wildman–Crippen LogP) is 1.09. The second kappa shape index (κ2) is 6.71. The van der Waals surface area contributed by atoms with E-state index in [1.165, 1.54) is 0 Å². The second-order valence-corrected chi connectivity index (χ2v) is 5.59. The molecule has 3 N–H and O–H groups in total. The first kappa shape index (κ1) is 16.5. The molecule has 1 aromatic heterocycles. The number of carbonyl (C=O) groups excluding carboxylic acids is 1. The maximum atomic E-state index is 11.4. The van der Waals surface area contributed by atoms with E-state index in [2.05, 4.69) is 10.3 Å². The van der Waals surface area contributed by atoms with Gasteiger partial charge in [0.25, 0.3) is 0 Å². The monoisotopic (exact) mass is 285 g/mol. The SMILES string of the molecule is Cc1cn(CCCNC(=O)OC(C)(C)C)c(C(O)O)n1. The lowest BCUT2D eigenvalue weighted by atomic mass is 10.2. The van der Waals surface area contributed by atoms with Crippen LogP contribution >= 0.6 is 0 Å². The number of carbonyl (C=O) groups is 1. The van der Waals surface area contributed by atoms with E-state index in [1.54, 1.807) is 38.5 Å². The van der Waals surface area contributed by atoms with Gasteiger partial charge in [-0.3, -0.25) is 0 Å². The van der Waals surface area contributed by atoms with Crippen molar-refractivity contribution < 1.29 is 19.7 Å². The minimum absolute atomic E-state index is 0.208. The van der Waals surface area contributed by atoms with Crippen molar-refractivity contribution in [2.45, 2.75) is 52.6 Å². The molecule has 0 aliphatic heterocycles. The molecule has 1 rings (SSSR count). The number of amides is 1. The summed E-state index contributed by atoms with van der Waals surface area (Å²) in [5.74, 6) is 0.208. The Morgan fingerprint density at radius 1 is 1.50 bits per heavy atom. The van der Waals surface area contributed by atoms with Crippen LogP contribution in [-0.4, -0.2) is 38.0 Å². The quantitative estimate of drug-likeness (QED) is 0.556. The van der Waals surface area contributed by atoms with Crippen molar-refractivity contribution in [1.29, 1.82) is 0 Å². The first-order valence-electron chi connectivity index (χ1n) is 6.55. The Morgan fingerprint density at radius 3 is 2.70 bits per heavy atom. The minimum Gasteiger partial charge on any atom is -0.444 e. The number of hydrogen-bond acceptors (Lipinski definition) is 5. The number of nitrogens with zero attached hydrogens (tertiary/aromatic N) is 2. The van der Waals surface area contributed by atoms with Gasteiger partial charge in [0, 0.05) is 19.3 Å². The van der Waals surface area contributed by atoms with Gasteiger partial charge in [-0.05, 0) is 34.1 Å². The summed E-state index contributed by atoms with van der Waals surface area (Å²) < 4.78 is 6.77. The van der Waals surface area contributed by atoms with E-state index in [0.717, 1.165) is 0 Å². The Hall–Kier alpha value is -1.60. The molecule has 0 spiro atoms. The zero-order valence-corrected chi connectivity index (χ0v) is 12.4. The molecule has 1 aromatic rings. The molecule has 7 heteroatoms. The Balaban J connectivity index is 2.36. The number of alkyl carbamates (subject to hydrolysis) is 1. The van der Waals surface area contributed by atoms with Crippen LogP contribution in [0.5, 0.6) is 0 Å². The molecule has 0 fully saturated rings. The van der Waals surface area contributed by atoms with Crippen LogP contribution in [-0.2, 0) is 11.3 Å². The number of rotatable bonds is 5. The van der Waals surface area contributed by atoms with Crippen LogP contribution in [0.4, 0.5) is 4.79 Å². The van der Waals surface area contributed by atoms with Crippen molar-refractivity contribution >= 4 is 6.09 Å². The highest BCUT2D eigenvalue weighted by Crippen LogP contribution is 2.10. The summed E-state index contributed by atoms with van der Waals surface area (Å²) in [5.41, 5.74) is 0.202. The third kappa shape index (κ3) is 5.58. The Morgan fingerprint density at radius 2 is 2.15 bits per heavy atom. The fourth-order valence-corrected chi connectivity index (χ4v) is 1.70. The van der Waals surface area contributed by atoms with Gasteiger partial charge in [-0.25, -0.2) is 9.78 Å². The molecule has 0 unspecified atom stereocenters. The van der Waals surface area contributed by atoms with Crippen LogP contribution in [0, 0.1) is 6.92 Å². The van der Waals surface area contributed by atoms with Gasteiger partial charge in [0.05, 0.1) is 5.69 Å². The number of aliphatic hydroxyl groups is 2. The van der Waals surface area contributed by atoms with E-state index in [4.69, 9.17) is 4.74 Å². The van der Waals surface area contributed by atoms with Crippen LogP contribution in [0.3, 0.4) is 0 Å². The number of hydrogen-bond donors (Lipinski definition) is 3. The second-order valence-electron chi connectivity index (χ2n) is 5.59. The van der Waals surface area contributed by atoms with Crippen molar-refractivity contribution in [2.75, 3.05) is 6.54 Å². The van der Waals surface area contributed by atoms with E-state index >= 15 is 0 Å². The molecule has 20 heavy (non-hydrogen) atoms. The average molecular weight is 285 g/mol. The topological polar surface area (TPSA) is 96.6 Å². The number of imidazole rings is 1. The van der Waals surface area contributed by atoms with Gasteiger partial charge < -0.3 is 24.8 Å². The van der Waals surface area contributed by atoms with Crippen molar-refractivity contribution in [3.63, 3.8) is 0 Å². The third-order valence-corrected chi connectivity index (χ3v) is 2.40. The zero-order chi connectivity index (χ0) is 15.3. The molecule has 1 heterocycles. The maximum absolute atomic E-state index is 11.4. The van der Waals surface area contributed by atoms with Crippen molar-refractivity contribution in [3.8, 4) is 0 Å². The van der Waals surface area contributed by atoms with Crippen molar-refractivity contribution in [2.24, 2.45) is 0 Å². The van der Waals surface area contributed by atoms with Gasteiger partial charge in [0.2, 0.25) is 6.29 Å². The predicted molar refractivity (Wildman–Crippen MR) is 73.0 cm³/mol. The lowest BCUT2D eigenvalue weighted by Gasteiger charge is -2.19. The average Bonchev–Trinajstić information content (AvgIpc) is 2.63. The molecule has 0 aliphatic carbocycles. The number of aromatic nitrogens is 2. The summed E-state index contributed by atoms with van der Waals surface area (Å²) in [7, 11) is 0. The van der Waals surface area contributed by atoms with Crippen molar-refractivity contribution in [1.82, 2.24) is 14.9 Å². The molecule has 1 amide bonds. The molecule has 0 saturated carbocycles. The van der Waals surface area contributed by atoms with Crippen LogP contribution in [0.15, 0.2) is 6.20 Å². The van der Waals surface area contributed by atoms with Crippen LogP contribution in [0.25, 0.3) is 0 Å². The molecule has 0 aliphatic rings. The van der Waals surface area contributed by atoms with Gasteiger partial charge in [0.1, 0.15) is 5.60 Å². The van der Waals surface area contributed by atoms with Crippen LogP contribution < -0.4 is 5.32 Å². The molecule has 114 valence electrons. The van der Waals surface area contributed by atoms with Crippen molar-refractivity contribution in [3.05, 3.63) is 17.7 Å². The van der Waals surface area contributed by atoms with Gasteiger partial charge in [-0.2, -0.15) is 0 Å². The van der Waals surface area contributed by atoms with Gasteiger partial charge in [0.15, 0.2) is 5.82 Å². The zero-order valence-electron chi connectivity index (χ0n) is 12.4. The fourth-order valence-electron chi connectivity index (χ4n) is 1.70. The van der Waals surface area contributed by atoms with E-state index in [0.29, 0.717) is 25.2 Å². The van der Waals surface area contributed by atoms with E-state index in [9.17, 15) is 15.0 Å². The fraction of sp³-hybridized carbons (Fsp3) is 0.692. The summed E-state index contributed by atoms with van der Waals surface area (Å²) in [6.45, 7) is 8.15. The largest absolute Gasteiger partial charge is 0.444 e. The van der Waals surface area contributed by atoms with Gasteiger partial charge >= 0.3 is 6.09 Å². The molecular weight excluding hydrogens is 262 g/mol. The number of aliphatic hydroxyl groups excluding tert-OH is 1. The Labute approximate surface area is 118 Å². The summed E-state index contributed by atoms with van der Waals surface area (Å²) in [4.78, 5) is 15.4. The van der Waals surface area contributed by atoms with Gasteiger partial charge in [-0.1, -0.05) is 0 Å². The Kier molecular flexibility index (Phi) is 5.52. The number of aryl methyl sites for hydroxylation is 2. The Bertz CT molecular complexity index is 449. The highest BCUT2D eigenvalue weighted by atomic mass is 16.6. The molecule has 0 saturated heterocycles.